The average molecular weight is 340 g/mol. The van der Waals surface area contributed by atoms with Crippen LogP contribution in [0.4, 0.5) is 10.1 Å². The largest absolute Gasteiger partial charge is 0.341 e. The zero-order valence-corrected chi connectivity index (χ0v) is 14.2. The summed E-state index contributed by atoms with van der Waals surface area (Å²) in [5.74, 6) is -0.576. The minimum absolute atomic E-state index is 0.0284. The van der Waals surface area contributed by atoms with E-state index in [-0.39, 0.29) is 23.5 Å². The maximum absolute atomic E-state index is 13.2. The Morgan fingerprint density at radius 2 is 2.04 bits per heavy atom. The first-order valence-electron chi connectivity index (χ1n) is 8.40. The number of nitrogens with one attached hydrogen (secondary N) is 1. The molecule has 1 heterocycles. The fourth-order valence-corrected chi connectivity index (χ4v) is 3.13. The van der Waals surface area contributed by atoms with Crippen molar-refractivity contribution in [3.8, 4) is 0 Å². The van der Waals surface area contributed by atoms with Crippen LogP contribution in [0.15, 0.2) is 48.5 Å². The molecule has 0 saturated heterocycles. The Balaban J connectivity index is 1.54. The molecule has 0 unspecified atom stereocenters. The molecule has 0 spiro atoms. The van der Waals surface area contributed by atoms with Crippen LogP contribution in [0.5, 0.6) is 0 Å². The maximum atomic E-state index is 13.2. The van der Waals surface area contributed by atoms with E-state index in [1.165, 1.54) is 12.1 Å². The van der Waals surface area contributed by atoms with Gasteiger partial charge in [0, 0.05) is 31.6 Å². The van der Waals surface area contributed by atoms with Gasteiger partial charge in [-0.2, -0.15) is 0 Å². The number of amides is 2. The Morgan fingerprint density at radius 3 is 2.84 bits per heavy atom. The number of nitrogens with zero attached hydrogens (tertiary/aromatic N) is 1. The Bertz CT molecular complexity index is 791. The van der Waals surface area contributed by atoms with Gasteiger partial charge in [-0.3, -0.25) is 9.59 Å². The average Bonchev–Trinajstić information content (AvgIpc) is 2.59. The van der Waals surface area contributed by atoms with Crippen molar-refractivity contribution in [2.75, 3.05) is 12.4 Å². The van der Waals surface area contributed by atoms with Crippen LogP contribution in [-0.2, 0) is 22.6 Å². The van der Waals surface area contributed by atoms with Crippen molar-refractivity contribution in [1.82, 2.24) is 4.90 Å². The van der Waals surface area contributed by atoms with Crippen molar-refractivity contribution in [3.05, 3.63) is 65.5 Å². The zero-order valence-electron chi connectivity index (χ0n) is 14.2. The fourth-order valence-electron chi connectivity index (χ4n) is 3.13. The Morgan fingerprint density at radius 1 is 1.24 bits per heavy atom. The quantitative estimate of drug-likeness (QED) is 0.907. The van der Waals surface area contributed by atoms with Gasteiger partial charge in [0.1, 0.15) is 5.82 Å². The van der Waals surface area contributed by atoms with Gasteiger partial charge in [0.2, 0.25) is 11.8 Å². The van der Waals surface area contributed by atoms with Crippen LogP contribution >= 0.6 is 0 Å². The van der Waals surface area contributed by atoms with E-state index in [0.717, 1.165) is 16.8 Å². The number of benzene rings is 2. The smallest absolute Gasteiger partial charge is 0.227 e. The van der Waals surface area contributed by atoms with Gasteiger partial charge in [0.05, 0.1) is 0 Å². The van der Waals surface area contributed by atoms with Crippen LogP contribution in [0.1, 0.15) is 24.0 Å². The van der Waals surface area contributed by atoms with Crippen molar-refractivity contribution in [2.45, 2.75) is 25.8 Å². The number of halogens is 1. The van der Waals surface area contributed by atoms with E-state index in [2.05, 4.69) is 5.32 Å². The molecule has 0 bridgehead atoms. The molecule has 0 saturated carbocycles. The van der Waals surface area contributed by atoms with Gasteiger partial charge >= 0.3 is 0 Å². The SMILES string of the molecule is CN(Cc1cccc(F)c1)C(=O)CC[C@@H]1Cc2ccccc2NC1=O. The van der Waals surface area contributed by atoms with Gasteiger partial charge in [-0.05, 0) is 42.2 Å². The Labute approximate surface area is 146 Å². The van der Waals surface area contributed by atoms with Crippen molar-refractivity contribution < 1.29 is 14.0 Å². The third-order valence-electron chi connectivity index (χ3n) is 4.55. The number of carbonyl (C=O) groups is 2. The molecule has 25 heavy (non-hydrogen) atoms. The lowest BCUT2D eigenvalue weighted by Gasteiger charge is -2.25. The fraction of sp³-hybridized carbons (Fsp3) is 0.300. The normalized spacial score (nSPS) is 16.1. The van der Waals surface area contributed by atoms with E-state index < -0.39 is 0 Å². The molecule has 1 atom stereocenters. The van der Waals surface area contributed by atoms with Gasteiger partial charge in [-0.25, -0.2) is 4.39 Å². The second-order valence-electron chi connectivity index (χ2n) is 6.47. The van der Waals surface area contributed by atoms with E-state index >= 15 is 0 Å². The molecule has 2 aromatic carbocycles. The molecule has 0 aliphatic carbocycles. The van der Waals surface area contributed by atoms with Crippen molar-refractivity contribution in [2.24, 2.45) is 5.92 Å². The summed E-state index contributed by atoms with van der Waals surface area (Å²) >= 11 is 0. The summed E-state index contributed by atoms with van der Waals surface area (Å²) < 4.78 is 13.2. The van der Waals surface area contributed by atoms with Crippen molar-refractivity contribution in [1.29, 1.82) is 0 Å². The molecule has 130 valence electrons. The molecule has 5 heteroatoms. The van der Waals surface area contributed by atoms with Crippen LogP contribution in [-0.4, -0.2) is 23.8 Å². The van der Waals surface area contributed by atoms with Crippen LogP contribution in [0.3, 0.4) is 0 Å². The van der Waals surface area contributed by atoms with E-state index in [9.17, 15) is 14.0 Å². The van der Waals surface area contributed by atoms with Crippen molar-refractivity contribution in [3.63, 3.8) is 0 Å². The molecule has 1 aliphatic rings. The second-order valence-corrected chi connectivity index (χ2v) is 6.47. The predicted molar refractivity (Wildman–Crippen MR) is 94.4 cm³/mol. The lowest BCUT2D eigenvalue weighted by Crippen LogP contribution is -2.32. The molecule has 2 aromatic rings. The topological polar surface area (TPSA) is 49.4 Å². The summed E-state index contributed by atoms with van der Waals surface area (Å²) in [5.41, 5.74) is 2.71. The van der Waals surface area contributed by atoms with Gasteiger partial charge in [0.15, 0.2) is 0 Å². The maximum Gasteiger partial charge on any atom is 0.227 e. The minimum atomic E-state index is -0.309. The first kappa shape index (κ1) is 17.1. The highest BCUT2D eigenvalue weighted by atomic mass is 19.1. The Kier molecular flexibility index (Phi) is 5.12. The van der Waals surface area contributed by atoms with Crippen LogP contribution < -0.4 is 5.32 Å². The molecular formula is C20H21FN2O2. The second kappa shape index (κ2) is 7.47. The number of fused-ring (bicyclic) bond motifs is 1. The summed E-state index contributed by atoms with van der Waals surface area (Å²) in [6.07, 6.45) is 1.46. The Hall–Kier alpha value is -2.69. The molecule has 2 amide bonds. The van der Waals surface area contributed by atoms with Crippen LogP contribution in [0.2, 0.25) is 0 Å². The summed E-state index contributed by atoms with van der Waals surface area (Å²) in [6.45, 7) is 0.357. The molecule has 0 fully saturated rings. The van der Waals surface area contributed by atoms with Gasteiger partial charge < -0.3 is 10.2 Å². The van der Waals surface area contributed by atoms with Crippen LogP contribution in [0.25, 0.3) is 0 Å². The lowest BCUT2D eigenvalue weighted by molar-refractivity contribution is -0.131. The summed E-state index contributed by atoms with van der Waals surface area (Å²) in [5, 5.41) is 2.90. The predicted octanol–water partition coefficient (Wildman–Crippen LogP) is 3.38. The minimum Gasteiger partial charge on any atom is -0.341 e. The standard InChI is InChI=1S/C20H21FN2O2/c1-23(13-14-5-4-7-17(21)11-14)19(24)10-9-16-12-15-6-2-3-8-18(15)22-20(16)25/h2-8,11,16H,9-10,12-13H2,1H3,(H,22,25)/t16-/m1/s1. The van der Waals surface area contributed by atoms with E-state index in [0.29, 0.717) is 25.8 Å². The van der Waals surface area contributed by atoms with Crippen molar-refractivity contribution >= 4 is 17.5 Å². The first-order valence-corrected chi connectivity index (χ1v) is 8.40. The first-order chi connectivity index (χ1) is 12.0. The molecular weight excluding hydrogens is 319 g/mol. The summed E-state index contributed by atoms with van der Waals surface area (Å²) in [6, 6.07) is 14.0. The summed E-state index contributed by atoms with van der Waals surface area (Å²) in [7, 11) is 1.70. The highest BCUT2D eigenvalue weighted by molar-refractivity contribution is 5.96. The molecule has 4 nitrogen and oxygen atoms in total. The highest BCUT2D eigenvalue weighted by Gasteiger charge is 2.26. The third kappa shape index (κ3) is 4.24. The highest BCUT2D eigenvalue weighted by Crippen LogP contribution is 2.27. The number of para-hydroxylation sites is 1. The molecule has 0 aromatic heterocycles. The third-order valence-corrected chi connectivity index (χ3v) is 4.55. The van der Waals surface area contributed by atoms with E-state index in [1.54, 1.807) is 24.1 Å². The van der Waals surface area contributed by atoms with Gasteiger partial charge in [-0.15, -0.1) is 0 Å². The zero-order chi connectivity index (χ0) is 17.8. The molecule has 1 N–H and O–H groups in total. The molecule has 1 aliphatic heterocycles. The monoisotopic (exact) mass is 340 g/mol. The molecule has 0 radical (unpaired) electrons. The van der Waals surface area contributed by atoms with Crippen LogP contribution in [0, 0.1) is 11.7 Å². The molecule has 3 rings (SSSR count). The number of rotatable bonds is 5. The summed E-state index contributed by atoms with van der Waals surface area (Å²) in [4.78, 5) is 26.1. The van der Waals surface area contributed by atoms with E-state index in [1.807, 2.05) is 24.3 Å². The number of anilines is 1. The van der Waals surface area contributed by atoms with E-state index in [4.69, 9.17) is 0 Å². The van der Waals surface area contributed by atoms with Gasteiger partial charge in [0.25, 0.3) is 0 Å². The van der Waals surface area contributed by atoms with Gasteiger partial charge in [-0.1, -0.05) is 30.3 Å². The number of hydrogen-bond donors (Lipinski definition) is 1. The lowest BCUT2D eigenvalue weighted by atomic mass is 9.89. The number of carbonyl (C=O) groups excluding carboxylic acids is 2. The number of hydrogen-bond acceptors (Lipinski definition) is 2.